The van der Waals surface area contributed by atoms with Crippen molar-refractivity contribution in [2.45, 2.75) is 25.7 Å². The highest BCUT2D eigenvalue weighted by atomic mass is 16.3. The van der Waals surface area contributed by atoms with E-state index in [-0.39, 0.29) is 6.61 Å². The number of likely N-dealkylation sites (tertiary alicyclic amines) is 1. The van der Waals surface area contributed by atoms with E-state index >= 15 is 0 Å². The largest absolute Gasteiger partial charge is 0.395 e. The Hall–Kier alpha value is -1.79. The molecule has 1 aliphatic rings. The highest BCUT2D eigenvalue weighted by molar-refractivity contribution is 5.49. The van der Waals surface area contributed by atoms with E-state index in [4.69, 9.17) is 5.11 Å². The van der Waals surface area contributed by atoms with Gasteiger partial charge in [0.1, 0.15) is 11.5 Å². The van der Waals surface area contributed by atoms with E-state index < -0.39 is 0 Å². The summed E-state index contributed by atoms with van der Waals surface area (Å²) in [5.74, 6) is 1.96. The van der Waals surface area contributed by atoms with Crippen LogP contribution in [-0.2, 0) is 0 Å². The molecule has 0 unspecified atom stereocenters. The van der Waals surface area contributed by atoms with Crippen LogP contribution in [0.2, 0.25) is 0 Å². The molecule has 3 rings (SSSR count). The van der Waals surface area contributed by atoms with Crippen LogP contribution in [0.1, 0.15) is 30.3 Å². The maximum Gasteiger partial charge on any atom is 0.156 e. The molecule has 2 aromatic rings. The molecule has 21 heavy (non-hydrogen) atoms. The summed E-state index contributed by atoms with van der Waals surface area (Å²) >= 11 is 0. The van der Waals surface area contributed by atoms with Crippen molar-refractivity contribution in [3.63, 3.8) is 0 Å². The number of aryl methyl sites for hydroxylation is 1. The minimum Gasteiger partial charge on any atom is -0.395 e. The van der Waals surface area contributed by atoms with Gasteiger partial charge in [-0.1, -0.05) is 0 Å². The van der Waals surface area contributed by atoms with Crippen LogP contribution >= 0.6 is 0 Å². The molecule has 2 N–H and O–H groups in total. The van der Waals surface area contributed by atoms with Crippen molar-refractivity contribution in [3.05, 3.63) is 30.0 Å². The average Bonchev–Trinajstić information content (AvgIpc) is 3.01. The number of aromatic nitrogens is 4. The molecule has 1 fully saturated rings. The predicted octanol–water partition coefficient (Wildman–Crippen LogP) is 1.35. The van der Waals surface area contributed by atoms with Gasteiger partial charge in [-0.05, 0) is 32.4 Å². The fraction of sp³-hybridized carbons (Fsp3) is 0.533. The molecular formula is C15H21N5O. The molecule has 1 saturated heterocycles. The molecular weight excluding hydrogens is 266 g/mol. The Morgan fingerprint density at radius 3 is 3.10 bits per heavy atom. The molecule has 0 aliphatic carbocycles. The number of hydrogen-bond acceptors (Lipinski definition) is 5. The molecule has 1 atom stereocenters. The summed E-state index contributed by atoms with van der Waals surface area (Å²) in [6.07, 6.45) is 5.81. The number of aromatic amines is 1. The lowest BCUT2D eigenvalue weighted by molar-refractivity contribution is 0.160. The first kappa shape index (κ1) is 14.2. The standard InChI is InChI=1S/C15H21N5O/c1-11-18-13(9-14(19-11)15-16-4-5-17-15)12-3-2-6-20(10-12)7-8-21/h4-5,9,12,21H,2-3,6-8,10H2,1H3,(H,16,17)/t12-/m1/s1. The van der Waals surface area contributed by atoms with Crippen molar-refractivity contribution in [2.75, 3.05) is 26.2 Å². The van der Waals surface area contributed by atoms with Gasteiger partial charge >= 0.3 is 0 Å². The lowest BCUT2D eigenvalue weighted by Gasteiger charge is -2.32. The Morgan fingerprint density at radius 1 is 1.43 bits per heavy atom. The van der Waals surface area contributed by atoms with Gasteiger partial charge in [0.25, 0.3) is 0 Å². The zero-order valence-corrected chi connectivity index (χ0v) is 12.3. The lowest BCUT2D eigenvalue weighted by atomic mass is 9.94. The van der Waals surface area contributed by atoms with E-state index in [0.29, 0.717) is 5.92 Å². The highest BCUT2D eigenvalue weighted by Gasteiger charge is 2.23. The number of H-pyrrole nitrogens is 1. The third kappa shape index (κ3) is 3.28. The van der Waals surface area contributed by atoms with Gasteiger partial charge in [0.05, 0.1) is 6.61 Å². The maximum absolute atomic E-state index is 9.11. The molecule has 0 radical (unpaired) electrons. The summed E-state index contributed by atoms with van der Waals surface area (Å²) in [6, 6.07) is 2.04. The Kier molecular flexibility index (Phi) is 4.26. The van der Waals surface area contributed by atoms with Gasteiger partial charge in [0.2, 0.25) is 0 Å². The van der Waals surface area contributed by atoms with Crippen LogP contribution in [0.4, 0.5) is 0 Å². The molecule has 0 aromatic carbocycles. The van der Waals surface area contributed by atoms with Gasteiger partial charge in [-0.25, -0.2) is 15.0 Å². The normalized spacial score (nSPS) is 19.8. The van der Waals surface area contributed by atoms with Gasteiger partial charge in [-0.15, -0.1) is 0 Å². The average molecular weight is 287 g/mol. The lowest BCUT2D eigenvalue weighted by Crippen LogP contribution is -2.36. The van der Waals surface area contributed by atoms with Gasteiger partial charge in [-0.3, -0.25) is 0 Å². The summed E-state index contributed by atoms with van der Waals surface area (Å²) in [7, 11) is 0. The van der Waals surface area contributed by atoms with E-state index in [9.17, 15) is 0 Å². The highest BCUT2D eigenvalue weighted by Crippen LogP contribution is 2.27. The smallest absolute Gasteiger partial charge is 0.156 e. The minimum absolute atomic E-state index is 0.215. The number of imidazole rings is 1. The molecule has 2 aromatic heterocycles. The number of aliphatic hydroxyl groups is 1. The molecule has 6 nitrogen and oxygen atoms in total. The van der Waals surface area contributed by atoms with Gasteiger partial charge in [0.15, 0.2) is 5.82 Å². The number of piperidine rings is 1. The van der Waals surface area contributed by atoms with Crippen molar-refractivity contribution in [2.24, 2.45) is 0 Å². The number of nitrogens with zero attached hydrogens (tertiary/aromatic N) is 4. The van der Waals surface area contributed by atoms with E-state index in [1.165, 1.54) is 0 Å². The van der Waals surface area contributed by atoms with E-state index in [0.717, 1.165) is 55.5 Å². The molecule has 0 bridgehead atoms. The monoisotopic (exact) mass is 287 g/mol. The molecule has 6 heteroatoms. The van der Waals surface area contributed by atoms with Crippen LogP contribution in [0, 0.1) is 6.92 Å². The van der Waals surface area contributed by atoms with E-state index in [1.807, 2.05) is 13.0 Å². The Balaban J connectivity index is 1.84. The number of nitrogens with one attached hydrogen (secondary N) is 1. The molecule has 112 valence electrons. The van der Waals surface area contributed by atoms with E-state index in [1.54, 1.807) is 12.4 Å². The number of aliphatic hydroxyl groups excluding tert-OH is 1. The summed E-state index contributed by atoms with van der Waals surface area (Å²) in [5.41, 5.74) is 1.93. The van der Waals surface area contributed by atoms with Crippen molar-refractivity contribution in [1.82, 2.24) is 24.8 Å². The van der Waals surface area contributed by atoms with Crippen LogP contribution in [0.3, 0.4) is 0 Å². The zero-order valence-electron chi connectivity index (χ0n) is 12.3. The first-order valence-corrected chi connectivity index (χ1v) is 7.45. The maximum atomic E-state index is 9.11. The third-order valence-corrected chi connectivity index (χ3v) is 3.94. The van der Waals surface area contributed by atoms with Crippen LogP contribution in [0.5, 0.6) is 0 Å². The Bertz CT molecular complexity index is 582. The van der Waals surface area contributed by atoms with Crippen molar-refractivity contribution < 1.29 is 5.11 Å². The van der Waals surface area contributed by atoms with E-state index in [2.05, 4.69) is 24.8 Å². The van der Waals surface area contributed by atoms with Crippen molar-refractivity contribution in [3.8, 4) is 11.5 Å². The third-order valence-electron chi connectivity index (χ3n) is 3.94. The fourth-order valence-corrected chi connectivity index (χ4v) is 2.97. The first-order valence-electron chi connectivity index (χ1n) is 7.45. The summed E-state index contributed by atoms with van der Waals surface area (Å²) < 4.78 is 0. The van der Waals surface area contributed by atoms with Gasteiger partial charge in [-0.2, -0.15) is 0 Å². The zero-order chi connectivity index (χ0) is 14.7. The van der Waals surface area contributed by atoms with Crippen LogP contribution in [0.25, 0.3) is 11.5 Å². The van der Waals surface area contributed by atoms with Crippen LogP contribution in [-0.4, -0.2) is 56.2 Å². The van der Waals surface area contributed by atoms with Gasteiger partial charge < -0.3 is 15.0 Å². The Morgan fingerprint density at radius 2 is 2.33 bits per heavy atom. The summed E-state index contributed by atoms with van der Waals surface area (Å²) in [4.78, 5) is 18.8. The SMILES string of the molecule is Cc1nc(-c2ncc[nH]2)cc([C@@H]2CCCN(CCO)C2)n1. The Labute approximate surface area is 124 Å². The predicted molar refractivity (Wildman–Crippen MR) is 79.9 cm³/mol. The molecule has 1 aliphatic heterocycles. The van der Waals surface area contributed by atoms with Crippen molar-refractivity contribution in [1.29, 1.82) is 0 Å². The van der Waals surface area contributed by atoms with Crippen molar-refractivity contribution >= 4 is 0 Å². The number of hydrogen-bond donors (Lipinski definition) is 2. The topological polar surface area (TPSA) is 77.9 Å². The minimum atomic E-state index is 0.215. The molecule has 0 amide bonds. The summed E-state index contributed by atoms with van der Waals surface area (Å²) in [5, 5.41) is 9.11. The second kappa shape index (κ2) is 6.32. The van der Waals surface area contributed by atoms with Gasteiger partial charge in [0, 0.05) is 37.1 Å². The second-order valence-electron chi connectivity index (χ2n) is 5.53. The molecule has 3 heterocycles. The van der Waals surface area contributed by atoms with Crippen LogP contribution in [0.15, 0.2) is 18.5 Å². The molecule has 0 spiro atoms. The molecule has 0 saturated carbocycles. The first-order chi connectivity index (χ1) is 10.3. The quantitative estimate of drug-likeness (QED) is 0.887. The fourth-order valence-electron chi connectivity index (χ4n) is 2.97. The number of β-amino-alcohol motifs (C(OH)–C–C–N with tert-alkyl or cyclic N) is 1. The second-order valence-corrected chi connectivity index (χ2v) is 5.53. The number of rotatable bonds is 4. The summed E-state index contributed by atoms with van der Waals surface area (Å²) in [6.45, 7) is 4.89. The van der Waals surface area contributed by atoms with Crippen LogP contribution < -0.4 is 0 Å².